The van der Waals surface area contributed by atoms with Gasteiger partial charge in [-0.1, -0.05) is 55.3 Å². The van der Waals surface area contributed by atoms with Crippen molar-refractivity contribution in [3.63, 3.8) is 0 Å². The third kappa shape index (κ3) is 4.61. The van der Waals surface area contributed by atoms with Crippen molar-refractivity contribution >= 4 is 17.0 Å². The molecule has 5 heteroatoms. The van der Waals surface area contributed by atoms with E-state index in [2.05, 4.69) is 57.7 Å². The van der Waals surface area contributed by atoms with Gasteiger partial charge in [0.05, 0.1) is 13.1 Å². The summed E-state index contributed by atoms with van der Waals surface area (Å²) in [6.07, 6.45) is 4.15. The van der Waals surface area contributed by atoms with Crippen molar-refractivity contribution in [2.45, 2.75) is 38.8 Å². The van der Waals surface area contributed by atoms with Gasteiger partial charge in [-0.15, -0.1) is 0 Å². The number of hydrogen-bond acceptors (Lipinski definition) is 2. The van der Waals surface area contributed by atoms with Gasteiger partial charge in [0.1, 0.15) is 11.0 Å². The number of nitrogens with two attached hydrogens (primary N) is 1. The molecule has 3 rings (SSSR count). The van der Waals surface area contributed by atoms with E-state index in [0.29, 0.717) is 0 Å². The zero-order valence-electron chi connectivity index (χ0n) is 14.4. The van der Waals surface area contributed by atoms with Gasteiger partial charge < -0.3 is 22.1 Å². The molecule has 4 nitrogen and oxygen atoms in total. The van der Waals surface area contributed by atoms with Crippen LogP contribution in [0.3, 0.4) is 0 Å². The van der Waals surface area contributed by atoms with Crippen LogP contribution in [0.2, 0.25) is 0 Å². The van der Waals surface area contributed by atoms with E-state index in [9.17, 15) is 0 Å². The lowest BCUT2D eigenvalue weighted by Gasteiger charge is -2.03. The molecule has 3 N–H and O–H groups in total. The van der Waals surface area contributed by atoms with Crippen molar-refractivity contribution < 1.29 is 26.7 Å². The number of nitrogens with zero attached hydrogens (tertiary/aromatic N) is 2. The van der Waals surface area contributed by atoms with Gasteiger partial charge in [0.2, 0.25) is 0 Å². The Morgan fingerprint density at radius 3 is 2.32 bits per heavy atom. The highest BCUT2D eigenvalue weighted by Crippen LogP contribution is 2.18. The predicted octanol–water partition coefficient (Wildman–Crippen LogP) is 0.116. The second-order valence-electron chi connectivity index (χ2n) is 6.21. The molecule has 0 spiro atoms. The first kappa shape index (κ1) is 19.5. The number of nitrogen functional groups attached to an aromatic ring is 1. The monoisotopic (exact) mass is 403 g/mol. The van der Waals surface area contributed by atoms with Crippen LogP contribution in [-0.2, 0) is 13.1 Å². The molecule has 0 atom stereocenters. The molecular weight excluding hydrogens is 378 g/mol. The van der Waals surface area contributed by atoms with E-state index in [0.717, 1.165) is 44.7 Å². The zero-order valence-corrected chi connectivity index (χ0v) is 16.0. The number of fused-ring (bicyclic) bond motifs is 1. The van der Waals surface area contributed by atoms with Crippen LogP contribution < -0.4 is 27.3 Å². The highest BCUT2D eigenvalue weighted by atomic mass is 79.9. The Kier molecular flexibility index (Phi) is 7.47. The SMILES string of the molecule is Nc1n(CCCCCCO)c2ccccc2[n+]1Cc1ccccc1.[Br-]. The number of benzene rings is 2. The summed E-state index contributed by atoms with van der Waals surface area (Å²) < 4.78 is 4.41. The highest BCUT2D eigenvalue weighted by molar-refractivity contribution is 5.73. The molecule has 0 aliphatic heterocycles. The second-order valence-corrected chi connectivity index (χ2v) is 6.21. The van der Waals surface area contributed by atoms with E-state index in [1.807, 2.05) is 6.07 Å². The van der Waals surface area contributed by atoms with Crippen molar-refractivity contribution in [1.29, 1.82) is 0 Å². The summed E-state index contributed by atoms with van der Waals surface area (Å²) in [7, 11) is 0. The molecule has 1 aromatic heterocycles. The number of halogens is 1. The highest BCUT2D eigenvalue weighted by Gasteiger charge is 2.20. The molecule has 3 aromatic rings. The maximum Gasteiger partial charge on any atom is 0.356 e. The maximum atomic E-state index is 8.88. The minimum absolute atomic E-state index is 0. The van der Waals surface area contributed by atoms with E-state index < -0.39 is 0 Å². The van der Waals surface area contributed by atoms with Gasteiger partial charge in [0.15, 0.2) is 0 Å². The molecule has 0 radical (unpaired) electrons. The molecule has 0 amide bonds. The van der Waals surface area contributed by atoms with Gasteiger partial charge in [-0.2, -0.15) is 0 Å². The van der Waals surface area contributed by atoms with Crippen LogP contribution >= 0.6 is 0 Å². The Bertz CT molecular complexity index is 786. The van der Waals surface area contributed by atoms with Gasteiger partial charge in [0.25, 0.3) is 0 Å². The molecule has 0 unspecified atom stereocenters. The summed E-state index contributed by atoms with van der Waals surface area (Å²) in [5, 5.41) is 8.88. The Morgan fingerprint density at radius 1 is 0.880 bits per heavy atom. The molecule has 25 heavy (non-hydrogen) atoms. The quantitative estimate of drug-likeness (QED) is 0.414. The fraction of sp³-hybridized carbons (Fsp3) is 0.350. The molecule has 0 saturated carbocycles. The third-order valence-corrected chi connectivity index (χ3v) is 4.49. The normalized spacial score (nSPS) is 10.8. The number of para-hydroxylation sites is 2. The van der Waals surface area contributed by atoms with Crippen molar-refractivity contribution in [3.8, 4) is 0 Å². The molecule has 0 fully saturated rings. The van der Waals surface area contributed by atoms with Crippen LogP contribution in [0, 0.1) is 0 Å². The van der Waals surface area contributed by atoms with E-state index >= 15 is 0 Å². The number of unbranched alkanes of at least 4 members (excludes halogenated alkanes) is 3. The van der Waals surface area contributed by atoms with Crippen molar-refractivity contribution in [3.05, 3.63) is 60.2 Å². The number of aryl methyl sites for hydroxylation is 1. The van der Waals surface area contributed by atoms with Gasteiger partial charge in [-0.25, -0.2) is 9.13 Å². The number of rotatable bonds is 8. The molecule has 0 aliphatic carbocycles. The van der Waals surface area contributed by atoms with E-state index in [4.69, 9.17) is 10.8 Å². The average Bonchev–Trinajstić information content (AvgIpc) is 2.88. The first-order valence-electron chi connectivity index (χ1n) is 8.72. The van der Waals surface area contributed by atoms with Crippen LogP contribution in [0.25, 0.3) is 11.0 Å². The lowest BCUT2D eigenvalue weighted by molar-refractivity contribution is -0.648. The maximum absolute atomic E-state index is 8.88. The lowest BCUT2D eigenvalue weighted by atomic mass is 10.2. The number of hydrogen-bond donors (Lipinski definition) is 2. The smallest absolute Gasteiger partial charge is 0.356 e. The molecule has 0 bridgehead atoms. The molecular formula is C20H26BrN3O. The van der Waals surface area contributed by atoms with Crippen LogP contribution in [0.1, 0.15) is 31.2 Å². The topological polar surface area (TPSA) is 55.1 Å². The third-order valence-electron chi connectivity index (χ3n) is 4.49. The molecule has 0 aliphatic rings. The first-order valence-corrected chi connectivity index (χ1v) is 8.72. The lowest BCUT2D eigenvalue weighted by Crippen LogP contribution is -3.00. The van der Waals surface area contributed by atoms with Crippen molar-refractivity contribution in [2.24, 2.45) is 0 Å². The summed E-state index contributed by atoms with van der Waals surface area (Å²) in [4.78, 5) is 0. The second kappa shape index (κ2) is 9.59. The first-order chi connectivity index (χ1) is 11.8. The number of imidazole rings is 1. The molecule has 1 heterocycles. The van der Waals surface area contributed by atoms with Crippen molar-refractivity contribution in [1.82, 2.24) is 4.57 Å². The van der Waals surface area contributed by atoms with Crippen molar-refractivity contribution in [2.75, 3.05) is 12.3 Å². The zero-order chi connectivity index (χ0) is 16.8. The van der Waals surface area contributed by atoms with Crippen LogP contribution in [-0.4, -0.2) is 16.3 Å². The molecule has 134 valence electrons. The number of aliphatic hydroxyl groups excluding tert-OH is 1. The fourth-order valence-electron chi connectivity index (χ4n) is 3.22. The minimum Gasteiger partial charge on any atom is -1.00 e. The Labute approximate surface area is 159 Å². The number of anilines is 1. The predicted molar refractivity (Wildman–Crippen MR) is 97.6 cm³/mol. The van der Waals surface area contributed by atoms with Crippen LogP contribution in [0.15, 0.2) is 54.6 Å². The largest absolute Gasteiger partial charge is 1.00 e. The van der Waals surface area contributed by atoms with Crippen LogP contribution in [0.5, 0.6) is 0 Å². The molecule has 2 aromatic carbocycles. The van der Waals surface area contributed by atoms with E-state index in [1.165, 1.54) is 16.6 Å². The summed E-state index contributed by atoms with van der Waals surface area (Å²) in [6.45, 7) is 1.98. The number of aromatic nitrogens is 2. The summed E-state index contributed by atoms with van der Waals surface area (Å²) >= 11 is 0. The van der Waals surface area contributed by atoms with Gasteiger partial charge in [0, 0.05) is 6.61 Å². The number of aliphatic hydroxyl groups is 1. The summed E-state index contributed by atoms with van der Waals surface area (Å²) in [6, 6.07) is 18.8. The standard InChI is InChI=1S/C20H25N3O.BrH/c21-20-22(14-8-1-2-9-15-24)18-12-6-7-13-19(18)23(20)16-17-10-4-3-5-11-17;/h3-7,10-13,21,24H,1-2,8-9,14-16H2;1H. The van der Waals surface area contributed by atoms with Gasteiger partial charge in [-0.05, 0) is 30.5 Å². The summed E-state index contributed by atoms with van der Waals surface area (Å²) in [5.74, 6) is 0.808. The minimum atomic E-state index is 0. The van der Waals surface area contributed by atoms with Gasteiger partial charge in [-0.3, -0.25) is 5.73 Å². The Balaban J connectivity index is 0.00000225. The van der Waals surface area contributed by atoms with Crippen LogP contribution in [0.4, 0.5) is 5.95 Å². The fourth-order valence-corrected chi connectivity index (χ4v) is 3.22. The van der Waals surface area contributed by atoms with E-state index in [1.54, 1.807) is 0 Å². The Morgan fingerprint density at radius 2 is 1.56 bits per heavy atom. The van der Waals surface area contributed by atoms with E-state index in [-0.39, 0.29) is 23.6 Å². The Hall–Kier alpha value is -1.85. The average molecular weight is 404 g/mol. The molecule has 0 saturated heterocycles. The summed E-state index contributed by atoms with van der Waals surface area (Å²) in [5.41, 5.74) is 10.1. The van der Waals surface area contributed by atoms with Gasteiger partial charge >= 0.3 is 5.95 Å².